The zero-order chi connectivity index (χ0) is 18.1. The summed E-state index contributed by atoms with van der Waals surface area (Å²) in [5.74, 6) is 1.92. The van der Waals surface area contributed by atoms with Crippen LogP contribution in [0.25, 0.3) is 5.69 Å². The van der Waals surface area contributed by atoms with Gasteiger partial charge in [-0.1, -0.05) is 35.3 Å². The zero-order valence-electron chi connectivity index (χ0n) is 14.4. The maximum Gasteiger partial charge on any atom is 0.133 e. The van der Waals surface area contributed by atoms with Gasteiger partial charge in [0.25, 0.3) is 0 Å². The van der Waals surface area contributed by atoms with E-state index in [9.17, 15) is 0 Å². The Morgan fingerprint density at radius 2 is 1.92 bits per heavy atom. The molecule has 0 fully saturated rings. The Kier molecular flexibility index (Phi) is 4.79. The molecule has 0 saturated heterocycles. The molecule has 134 valence electrons. The molecule has 0 bridgehead atoms. The van der Waals surface area contributed by atoms with E-state index in [1.807, 2.05) is 28.9 Å². The largest absolute Gasteiger partial charge is 0.497 e. The first-order valence-corrected chi connectivity index (χ1v) is 9.34. The maximum atomic E-state index is 6.39. The van der Waals surface area contributed by atoms with Crippen LogP contribution < -0.4 is 10.1 Å². The topological polar surface area (TPSA) is 39.1 Å². The second-order valence-electron chi connectivity index (χ2n) is 6.31. The van der Waals surface area contributed by atoms with Crippen molar-refractivity contribution in [3.8, 4) is 11.4 Å². The minimum Gasteiger partial charge on any atom is -0.497 e. The van der Waals surface area contributed by atoms with Crippen LogP contribution in [0, 0.1) is 0 Å². The lowest BCUT2D eigenvalue weighted by Gasteiger charge is -2.08. The molecule has 0 unspecified atom stereocenters. The standard InChI is InChI=1S/C20H19Cl2N3O/c1-26-15-6-2-13(3-7-15)4-8-18-16-10-11-23-20(16)25(24-18)19-9-5-14(21)12-17(19)22/h2-3,5-7,9,12,23H,4,8,10-11H2,1H3. The van der Waals surface area contributed by atoms with Crippen LogP contribution in [0.5, 0.6) is 5.75 Å². The molecule has 3 aromatic rings. The summed E-state index contributed by atoms with van der Waals surface area (Å²) in [5.41, 5.74) is 4.51. The Morgan fingerprint density at radius 1 is 1.12 bits per heavy atom. The third kappa shape index (κ3) is 3.27. The minimum absolute atomic E-state index is 0.596. The van der Waals surface area contributed by atoms with E-state index in [2.05, 4.69) is 17.4 Å². The molecule has 6 heteroatoms. The van der Waals surface area contributed by atoms with Gasteiger partial charge in [0, 0.05) is 17.1 Å². The van der Waals surface area contributed by atoms with Crippen LogP contribution in [0.4, 0.5) is 5.82 Å². The predicted octanol–water partition coefficient (Wildman–Crippen LogP) is 4.94. The monoisotopic (exact) mass is 387 g/mol. The van der Waals surface area contributed by atoms with E-state index in [1.54, 1.807) is 13.2 Å². The number of hydrogen-bond donors (Lipinski definition) is 1. The number of nitrogens with zero attached hydrogens (tertiary/aromatic N) is 2. The van der Waals surface area contributed by atoms with Gasteiger partial charge in [-0.2, -0.15) is 5.10 Å². The van der Waals surface area contributed by atoms with Gasteiger partial charge in [-0.25, -0.2) is 4.68 Å². The second kappa shape index (κ2) is 7.22. The van der Waals surface area contributed by atoms with Crippen LogP contribution in [0.15, 0.2) is 42.5 Å². The Labute approximate surface area is 162 Å². The molecule has 2 aromatic carbocycles. The van der Waals surface area contributed by atoms with E-state index in [1.165, 1.54) is 11.1 Å². The number of benzene rings is 2. The Bertz CT molecular complexity index is 935. The lowest BCUT2D eigenvalue weighted by Crippen LogP contribution is -2.06. The average molecular weight is 388 g/mol. The first-order valence-electron chi connectivity index (χ1n) is 8.58. The fourth-order valence-corrected chi connectivity index (χ4v) is 3.82. The molecule has 0 radical (unpaired) electrons. The van der Waals surface area contributed by atoms with Gasteiger partial charge in [-0.15, -0.1) is 0 Å². The van der Waals surface area contributed by atoms with Crippen LogP contribution in [-0.4, -0.2) is 23.4 Å². The van der Waals surface area contributed by atoms with E-state index < -0.39 is 0 Å². The van der Waals surface area contributed by atoms with Crippen molar-refractivity contribution in [2.24, 2.45) is 0 Å². The van der Waals surface area contributed by atoms with Gasteiger partial charge in [-0.3, -0.25) is 0 Å². The van der Waals surface area contributed by atoms with Crippen LogP contribution in [0.2, 0.25) is 10.0 Å². The molecule has 0 amide bonds. The molecule has 4 nitrogen and oxygen atoms in total. The second-order valence-corrected chi connectivity index (χ2v) is 7.15. The number of aromatic nitrogens is 2. The van der Waals surface area contributed by atoms with Gasteiger partial charge in [0.15, 0.2) is 0 Å². The summed E-state index contributed by atoms with van der Waals surface area (Å²) >= 11 is 12.4. The van der Waals surface area contributed by atoms with E-state index >= 15 is 0 Å². The number of rotatable bonds is 5. The van der Waals surface area contributed by atoms with Crippen LogP contribution in [-0.2, 0) is 19.3 Å². The number of ether oxygens (including phenoxy) is 1. The molecule has 26 heavy (non-hydrogen) atoms. The van der Waals surface area contributed by atoms with E-state index in [0.717, 1.165) is 48.8 Å². The number of aryl methyl sites for hydroxylation is 2. The van der Waals surface area contributed by atoms with Gasteiger partial charge >= 0.3 is 0 Å². The van der Waals surface area contributed by atoms with Crippen LogP contribution in [0.1, 0.15) is 16.8 Å². The molecular formula is C20H19Cl2N3O. The van der Waals surface area contributed by atoms with Gasteiger partial charge in [0.05, 0.1) is 23.5 Å². The average Bonchev–Trinajstić information content (AvgIpc) is 3.24. The van der Waals surface area contributed by atoms with Crippen LogP contribution in [0.3, 0.4) is 0 Å². The minimum atomic E-state index is 0.596. The summed E-state index contributed by atoms with van der Waals surface area (Å²) in [6.07, 6.45) is 2.80. The SMILES string of the molecule is COc1ccc(CCc2nn(-c3ccc(Cl)cc3Cl)c3c2CCN3)cc1. The normalized spacial score (nSPS) is 12.7. The number of methoxy groups -OCH3 is 1. The van der Waals surface area contributed by atoms with Crippen molar-refractivity contribution in [2.45, 2.75) is 19.3 Å². The summed E-state index contributed by atoms with van der Waals surface area (Å²) in [6, 6.07) is 13.7. The molecule has 0 spiro atoms. The fourth-order valence-electron chi connectivity index (χ4n) is 3.33. The van der Waals surface area contributed by atoms with Gasteiger partial charge in [0.2, 0.25) is 0 Å². The summed E-state index contributed by atoms with van der Waals surface area (Å²) in [5, 5.41) is 9.49. The number of nitrogens with one attached hydrogen (secondary N) is 1. The highest BCUT2D eigenvalue weighted by Crippen LogP contribution is 2.33. The third-order valence-corrected chi connectivity index (χ3v) is 5.22. The molecule has 1 aliphatic rings. The van der Waals surface area contributed by atoms with E-state index in [4.69, 9.17) is 33.0 Å². The zero-order valence-corrected chi connectivity index (χ0v) is 15.9. The maximum absolute atomic E-state index is 6.39. The lowest BCUT2D eigenvalue weighted by molar-refractivity contribution is 0.414. The molecule has 0 atom stereocenters. The molecule has 0 saturated carbocycles. The smallest absolute Gasteiger partial charge is 0.133 e. The Hall–Kier alpha value is -2.17. The number of halogens is 2. The van der Waals surface area contributed by atoms with Gasteiger partial charge < -0.3 is 10.1 Å². The predicted molar refractivity (Wildman–Crippen MR) is 106 cm³/mol. The molecule has 2 heterocycles. The highest BCUT2D eigenvalue weighted by atomic mass is 35.5. The summed E-state index contributed by atoms with van der Waals surface area (Å²) in [7, 11) is 1.68. The number of anilines is 1. The van der Waals surface area contributed by atoms with Crippen molar-refractivity contribution in [1.29, 1.82) is 0 Å². The molecule has 4 rings (SSSR count). The molecule has 1 aromatic heterocycles. The van der Waals surface area contributed by atoms with E-state index in [-0.39, 0.29) is 0 Å². The summed E-state index contributed by atoms with van der Waals surface area (Å²) < 4.78 is 7.13. The number of hydrogen-bond acceptors (Lipinski definition) is 3. The Morgan fingerprint density at radius 3 is 2.65 bits per heavy atom. The van der Waals surface area contributed by atoms with Gasteiger partial charge in [-0.05, 0) is 55.2 Å². The van der Waals surface area contributed by atoms with Crippen molar-refractivity contribution >= 4 is 29.0 Å². The van der Waals surface area contributed by atoms with Crippen LogP contribution >= 0.6 is 23.2 Å². The van der Waals surface area contributed by atoms with Crippen molar-refractivity contribution in [2.75, 3.05) is 19.0 Å². The third-order valence-electron chi connectivity index (χ3n) is 4.68. The van der Waals surface area contributed by atoms with Gasteiger partial charge in [0.1, 0.15) is 11.6 Å². The first kappa shape index (κ1) is 17.3. The van der Waals surface area contributed by atoms with Crippen molar-refractivity contribution in [1.82, 2.24) is 9.78 Å². The fraction of sp³-hybridized carbons (Fsp3) is 0.250. The highest BCUT2D eigenvalue weighted by molar-refractivity contribution is 6.35. The van der Waals surface area contributed by atoms with Crippen molar-refractivity contribution in [3.63, 3.8) is 0 Å². The highest BCUT2D eigenvalue weighted by Gasteiger charge is 2.23. The summed E-state index contributed by atoms with van der Waals surface area (Å²) in [4.78, 5) is 0. The molecule has 1 N–H and O–H groups in total. The Balaban J connectivity index is 1.61. The summed E-state index contributed by atoms with van der Waals surface area (Å²) in [6.45, 7) is 0.925. The molecular weight excluding hydrogens is 369 g/mol. The van der Waals surface area contributed by atoms with Crippen molar-refractivity contribution < 1.29 is 4.74 Å². The molecule has 1 aliphatic heterocycles. The van der Waals surface area contributed by atoms with Crippen molar-refractivity contribution in [3.05, 3.63) is 69.3 Å². The first-order chi connectivity index (χ1) is 12.7. The molecule has 0 aliphatic carbocycles. The lowest BCUT2D eigenvalue weighted by atomic mass is 10.1. The van der Waals surface area contributed by atoms with E-state index in [0.29, 0.717) is 10.0 Å². The number of fused-ring (bicyclic) bond motifs is 1. The quantitative estimate of drug-likeness (QED) is 0.673.